The Hall–Kier alpha value is -1.35. The van der Waals surface area contributed by atoms with Gasteiger partial charge in [-0.3, -0.25) is 10.1 Å². The molecular formula is C20H32N2O. The van der Waals surface area contributed by atoms with Crippen molar-refractivity contribution in [3.63, 3.8) is 0 Å². The molecule has 0 aromatic heterocycles. The van der Waals surface area contributed by atoms with E-state index in [0.717, 1.165) is 12.8 Å². The van der Waals surface area contributed by atoms with Crippen molar-refractivity contribution < 1.29 is 4.79 Å². The second-order valence-corrected chi connectivity index (χ2v) is 8.26. The molecule has 0 unspecified atom stereocenters. The van der Waals surface area contributed by atoms with Crippen LogP contribution in [0.25, 0.3) is 0 Å². The van der Waals surface area contributed by atoms with Gasteiger partial charge >= 0.3 is 0 Å². The summed E-state index contributed by atoms with van der Waals surface area (Å²) >= 11 is 0. The van der Waals surface area contributed by atoms with Crippen LogP contribution in [0.5, 0.6) is 0 Å². The molecule has 1 fully saturated rings. The molecule has 1 aliphatic carbocycles. The highest BCUT2D eigenvalue weighted by molar-refractivity contribution is 5.81. The first-order valence-electron chi connectivity index (χ1n) is 8.85. The second-order valence-electron chi connectivity index (χ2n) is 8.26. The summed E-state index contributed by atoms with van der Waals surface area (Å²) < 4.78 is 0. The van der Waals surface area contributed by atoms with Crippen LogP contribution in [0.15, 0.2) is 24.3 Å². The Morgan fingerprint density at radius 1 is 1.09 bits per heavy atom. The van der Waals surface area contributed by atoms with Crippen molar-refractivity contribution in [2.45, 2.75) is 77.9 Å². The summed E-state index contributed by atoms with van der Waals surface area (Å²) in [5.74, 6) is 0.538. The minimum Gasteiger partial charge on any atom is -0.352 e. The van der Waals surface area contributed by atoms with E-state index in [-0.39, 0.29) is 23.4 Å². The molecule has 1 aromatic carbocycles. The van der Waals surface area contributed by atoms with Crippen LogP contribution >= 0.6 is 0 Å². The van der Waals surface area contributed by atoms with Crippen LogP contribution in [0.1, 0.15) is 71.6 Å². The third kappa shape index (κ3) is 5.07. The fourth-order valence-corrected chi connectivity index (χ4v) is 2.76. The van der Waals surface area contributed by atoms with Gasteiger partial charge in [0.2, 0.25) is 5.91 Å². The number of benzene rings is 1. The zero-order valence-electron chi connectivity index (χ0n) is 15.4. The molecule has 2 atom stereocenters. The van der Waals surface area contributed by atoms with Crippen molar-refractivity contribution in [1.29, 1.82) is 0 Å². The van der Waals surface area contributed by atoms with Crippen LogP contribution in [0, 0.1) is 5.92 Å². The van der Waals surface area contributed by atoms with Crippen molar-refractivity contribution in [2.75, 3.05) is 0 Å². The Labute approximate surface area is 141 Å². The number of carbonyl (C=O) groups is 1. The Bertz CT molecular complexity index is 524. The molecule has 3 nitrogen and oxygen atoms in total. The molecule has 23 heavy (non-hydrogen) atoms. The van der Waals surface area contributed by atoms with E-state index < -0.39 is 0 Å². The first-order valence-corrected chi connectivity index (χ1v) is 8.85. The molecule has 0 radical (unpaired) electrons. The largest absolute Gasteiger partial charge is 0.352 e. The zero-order valence-corrected chi connectivity index (χ0v) is 15.4. The average Bonchev–Trinajstić information content (AvgIpc) is 3.27. The SMILES string of the molecule is CC(C)[C@@H](N[C@@H](C)C(=O)NC1CC1)c1ccc(C(C)(C)C)cc1. The van der Waals surface area contributed by atoms with Gasteiger partial charge < -0.3 is 5.32 Å². The van der Waals surface area contributed by atoms with E-state index in [1.807, 2.05) is 6.92 Å². The average molecular weight is 316 g/mol. The third-order valence-corrected chi connectivity index (χ3v) is 4.55. The van der Waals surface area contributed by atoms with E-state index in [9.17, 15) is 4.79 Å². The minimum absolute atomic E-state index is 0.115. The number of amides is 1. The van der Waals surface area contributed by atoms with E-state index in [1.165, 1.54) is 11.1 Å². The summed E-state index contributed by atoms with van der Waals surface area (Å²) in [6, 6.07) is 9.24. The first kappa shape index (κ1) is 18.0. The Balaban J connectivity index is 2.06. The molecule has 0 aliphatic heterocycles. The lowest BCUT2D eigenvalue weighted by molar-refractivity contribution is -0.123. The van der Waals surface area contributed by atoms with Crippen LogP contribution in [0.3, 0.4) is 0 Å². The molecule has 0 saturated heterocycles. The van der Waals surface area contributed by atoms with E-state index in [0.29, 0.717) is 12.0 Å². The van der Waals surface area contributed by atoms with E-state index >= 15 is 0 Å². The predicted octanol–water partition coefficient (Wildman–Crippen LogP) is 3.94. The van der Waals surface area contributed by atoms with E-state index in [2.05, 4.69) is 69.5 Å². The molecule has 2 N–H and O–H groups in total. The monoisotopic (exact) mass is 316 g/mol. The van der Waals surface area contributed by atoms with Gasteiger partial charge in [0.05, 0.1) is 6.04 Å². The Morgan fingerprint density at radius 2 is 1.65 bits per heavy atom. The highest BCUT2D eigenvalue weighted by atomic mass is 16.2. The normalized spacial score (nSPS) is 17.9. The lowest BCUT2D eigenvalue weighted by Gasteiger charge is -2.27. The van der Waals surface area contributed by atoms with Crippen molar-refractivity contribution >= 4 is 5.91 Å². The molecule has 0 heterocycles. The summed E-state index contributed by atoms with van der Waals surface area (Å²) in [5.41, 5.74) is 2.75. The van der Waals surface area contributed by atoms with Crippen LogP contribution in [-0.2, 0) is 10.2 Å². The number of hydrogen-bond acceptors (Lipinski definition) is 2. The molecule has 0 spiro atoms. The first-order chi connectivity index (χ1) is 10.7. The highest BCUT2D eigenvalue weighted by Gasteiger charge is 2.27. The summed E-state index contributed by atoms with van der Waals surface area (Å²) in [7, 11) is 0. The van der Waals surface area contributed by atoms with Crippen molar-refractivity contribution in [1.82, 2.24) is 10.6 Å². The smallest absolute Gasteiger partial charge is 0.237 e. The summed E-state index contributed by atoms with van der Waals surface area (Å²) in [4.78, 5) is 12.2. The topological polar surface area (TPSA) is 41.1 Å². The summed E-state index contributed by atoms with van der Waals surface area (Å²) in [6.45, 7) is 13.0. The van der Waals surface area contributed by atoms with Crippen LogP contribution < -0.4 is 10.6 Å². The van der Waals surface area contributed by atoms with Crippen LogP contribution in [-0.4, -0.2) is 18.0 Å². The van der Waals surface area contributed by atoms with Gasteiger partial charge in [0.15, 0.2) is 0 Å². The molecule has 1 aliphatic rings. The zero-order chi connectivity index (χ0) is 17.2. The van der Waals surface area contributed by atoms with Gasteiger partial charge in [-0.05, 0) is 42.2 Å². The minimum atomic E-state index is -0.176. The molecule has 1 aromatic rings. The van der Waals surface area contributed by atoms with Gasteiger partial charge in [-0.25, -0.2) is 0 Å². The van der Waals surface area contributed by atoms with Crippen molar-refractivity contribution in [3.05, 3.63) is 35.4 Å². The third-order valence-electron chi connectivity index (χ3n) is 4.55. The molecular weight excluding hydrogens is 284 g/mol. The standard InChI is InChI=1S/C20H32N2O/c1-13(2)18(21-14(3)19(23)22-17-11-12-17)15-7-9-16(10-8-15)20(4,5)6/h7-10,13-14,17-18,21H,11-12H2,1-6H3,(H,22,23)/t14-,18+/m0/s1. The second kappa shape index (κ2) is 7.04. The maximum Gasteiger partial charge on any atom is 0.237 e. The fraction of sp³-hybridized carbons (Fsp3) is 0.650. The molecule has 1 amide bonds. The number of nitrogens with one attached hydrogen (secondary N) is 2. The molecule has 0 bridgehead atoms. The number of carbonyl (C=O) groups excluding carboxylic acids is 1. The number of rotatable bonds is 6. The predicted molar refractivity (Wildman–Crippen MR) is 96.5 cm³/mol. The molecule has 1 saturated carbocycles. The summed E-state index contributed by atoms with van der Waals surface area (Å²) in [5, 5.41) is 6.59. The van der Waals surface area contributed by atoms with Crippen molar-refractivity contribution in [3.8, 4) is 0 Å². The maximum absolute atomic E-state index is 12.2. The van der Waals surface area contributed by atoms with Gasteiger partial charge in [-0.2, -0.15) is 0 Å². The Kier molecular flexibility index (Phi) is 5.51. The quantitative estimate of drug-likeness (QED) is 0.834. The maximum atomic E-state index is 12.2. The van der Waals surface area contributed by atoms with Gasteiger partial charge in [0, 0.05) is 12.1 Å². The lowest BCUT2D eigenvalue weighted by atomic mass is 9.85. The van der Waals surface area contributed by atoms with Crippen molar-refractivity contribution in [2.24, 2.45) is 5.92 Å². The van der Waals surface area contributed by atoms with Crippen LogP contribution in [0.4, 0.5) is 0 Å². The van der Waals surface area contributed by atoms with Gasteiger partial charge in [-0.15, -0.1) is 0 Å². The number of hydrogen-bond donors (Lipinski definition) is 2. The highest BCUT2D eigenvalue weighted by Crippen LogP contribution is 2.27. The van der Waals surface area contributed by atoms with E-state index in [1.54, 1.807) is 0 Å². The Morgan fingerprint density at radius 3 is 2.09 bits per heavy atom. The van der Waals surface area contributed by atoms with Crippen LogP contribution in [0.2, 0.25) is 0 Å². The fourth-order valence-electron chi connectivity index (χ4n) is 2.76. The van der Waals surface area contributed by atoms with Gasteiger partial charge in [-0.1, -0.05) is 58.9 Å². The lowest BCUT2D eigenvalue weighted by Crippen LogP contribution is -2.45. The van der Waals surface area contributed by atoms with E-state index in [4.69, 9.17) is 0 Å². The van der Waals surface area contributed by atoms with Gasteiger partial charge in [0.1, 0.15) is 0 Å². The van der Waals surface area contributed by atoms with Gasteiger partial charge in [0.25, 0.3) is 0 Å². The molecule has 3 heteroatoms. The molecule has 128 valence electrons. The molecule has 2 rings (SSSR count). The summed E-state index contributed by atoms with van der Waals surface area (Å²) in [6.07, 6.45) is 2.25.